The Morgan fingerprint density at radius 1 is 0.407 bits per heavy atom. The van der Waals surface area contributed by atoms with Gasteiger partial charge in [0, 0.05) is 85.2 Å². The van der Waals surface area contributed by atoms with E-state index >= 15 is 0 Å². The Balaban J connectivity index is 1.76. The summed E-state index contributed by atoms with van der Waals surface area (Å²) in [5, 5.41) is 6.78. The van der Waals surface area contributed by atoms with Crippen molar-refractivity contribution >= 4 is 82.8 Å². The van der Waals surface area contributed by atoms with E-state index in [0.29, 0.717) is 16.7 Å². The number of fused-ring (bicyclic) bond motifs is 12. The number of unbranched alkanes of at least 4 members (excludes halogenated alkanes) is 9. The first kappa shape index (κ1) is 37.6. The standard InChI is InChI=1S/C48H57N3O3/c1-7-10-13-16-25-49-40-22-19-34(31(4)52)28-37(40)43-46(49)44-38-29-35(32(5)53)20-23-41(38)50(26-17-14-11-8-2)48(44)45-39-30-36(33(6)54)21-24-42(39)51(47(43)45)27-18-15-12-9-3/h19-24,28-30H,7-18,25-27H2,1-6H3. The molecule has 54 heavy (non-hydrogen) atoms. The molecule has 0 saturated heterocycles. The smallest absolute Gasteiger partial charge is 0.159 e. The molecule has 0 radical (unpaired) electrons. The fourth-order valence-electron chi connectivity index (χ4n) is 9.01. The minimum Gasteiger partial charge on any atom is -0.340 e. The molecule has 0 N–H and O–H groups in total. The Morgan fingerprint density at radius 2 is 0.685 bits per heavy atom. The van der Waals surface area contributed by atoms with Crippen molar-refractivity contribution in [3.05, 3.63) is 71.3 Å². The number of rotatable bonds is 18. The molecule has 0 spiro atoms. The summed E-state index contributed by atoms with van der Waals surface area (Å²) in [6.45, 7) is 14.3. The number of aromatic nitrogens is 3. The number of carbonyl (C=O) groups excluding carboxylic acids is 3. The van der Waals surface area contributed by atoms with E-state index < -0.39 is 0 Å². The van der Waals surface area contributed by atoms with Gasteiger partial charge in [0.1, 0.15) is 0 Å². The molecule has 0 aliphatic carbocycles. The molecule has 6 heteroatoms. The van der Waals surface area contributed by atoms with Gasteiger partial charge in [0.2, 0.25) is 0 Å². The topological polar surface area (TPSA) is 66.0 Å². The van der Waals surface area contributed by atoms with Crippen LogP contribution in [0.15, 0.2) is 54.6 Å². The number of nitrogens with zero attached hydrogens (tertiary/aromatic N) is 3. The summed E-state index contributed by atoms with van der Waals surface area (Å²) >= 11 is 0. The second kappa shape index (κ2) is 15.9. The average Bonchev–Trinajstić information content (AvgIpc) is 3.78. The quantitative estimate of drug-likeness (QED) is 0.0654. The monoisotopic (exact) mass is 723 g/mol. The second-order valence-corrected chi connectivity index (χ2v) is 15.7. The van der Waals surface area contributed by atoms with Crippen LogP contribution in [0.25, 0.3) is 65.4 Å². The van der Waals surface area contributed by atoms with Crippen LogP contribution in [0.5, 0.6) is 0 Å². The summed E-state index contributed by atoms with van der Waals surface area (Å²) in [7, 11) is 0. The van der Waals surface area contributed by atoms with E-state index in [1.807, 2.05) is 18.2 Å². The molecule has 0 amide bonds. The third-order valence-electron chi connectivity index (χ3n) is 11.8. The molecule has 4 aromatic carbocycles. The number of Topliss-reactive ketones (excluding diaryl/α,β-unsaturated/α-hetero) is 3. The largest absolute Gasteiger partial charge is 0.340 e. The zero-order valence-electron chi connectivity index (χ0n) is 33.4. The normalized spacial score (nSPS) is 12.1. The molecule has 0 saturated carbocycles. The molecule has 0 aliphatic rings. The molecule has 0 bridgehead atoms. The SMILES string of the molecule is CCCCCCn1c2ccc(C(C)=O)cc2c2c1c1c3cc(C(C)=O)ccc3n(CCCCCC)c1c1c3cc(C(C)=O)ccc3n(CCCCCC)c21. The summed E-state index contributed by atoms with van der Waals surface area (Å²) in [6, 6.07) is 18.8. The molecule has 282 valence electrons. The van der Waals surface area contributed by atoms with Crippen molar-refractivity contribution in [3.8, 4) is 0 Å². The molecular weight excluding hydrogens is 667 g/mol. The Bertz CT molecular complexity index is 2250. The van der Waals surface area contributed by atoms with E-state index in [2.05, 4.69) is 70.9 Å². The lowest BCUT2D eigenvalue weighted by molar-refractivity contribution is 0.100. The van der Waals surface area contributed by atoms with Crippen molar-refractivity contribution in [2.75, 3.05) is 0 Å². The van der Waals surface area contributed by atoms with Crippen molar-refractivity contribution in [1.82, 2.24) is 13.7 Å². The zero-order valence-corrected chi connectivity index (χ0v) is 33.4. The summed E-state index contributed by atoms with van der Waals surface area (Å²) in [6.07, 6.45) is 13.7. The Morgan fingerprint density at radius 3 is 0.926 bits per heavy atom. The van der Waals surface area contributed by atoms with Gasteiger partial charge in [0.15, 0.2) is 17.3 Å². The third-order valence-corrected chi connectivity index (χ3v) is 11.8. The van der Waals surface area contributed by atoms with E-state index in [4.69, 9.17) is 0 Å². The third kappa shape index (κ3) is 6.56. The average molecular weight is 724 g/mol. The fourth-order valence-corrected chi connectivity index (χ4v) is 9.01. The van der Waals surface area contributed by atoms with Crippen molar-refractivity contribution in [2.24, 2.45) is 0 Å². The first-order chi connectivity index (χ1) is 26.2. The van der Waals surface area contributed by atoms with Gasteiger partial charge in [0.05, 0.1) is 16.6 Å². The van der Waals surface area contributed by atoms with Gasteiger partial charge in [-0.3, -0.25) is 14.4 Å². The molecular formula is C48H57N3O3. The number of benzene rings is 4. The van der Waals surface area contributed by atoms with E-state index in [-0.39, 0.29) is 17.3 Å². The number of ketones is 3. The number of carbonyl (C=O) groups is 3. The van der Waals surface area contributed by atoms with Gasteiger partial charge in [-0.05, 0) is 94.6 Å². The molecule has 3 heterocycles. The van der Waals surface area contributed by atoms with Gasteiger partial charge >= 0.3 is 0 Å². The first-order valence-corrected chi connectivity index (χ1v) is 20.7. The van der Waals surface area contributed by atoms with Gasteiger partial charge in [-0.2, -0.15) is 0 Å². The maximum absolute atomic E-state index is 13.0. The van der Waals surface area contributed by atoms with Crippen LogP contribution in [-0.2, 0) is 19.6 Å². The zero-order chi connectivity index (χ0) is 38.1. The van der Waals surface area contributed by atoms with Gasteiger partial charge in [-0.15, -0.1) is 0 Å². The molecule has 0 aliphatic heterocycles. The predicted octanol–water partition coefficient (Wildman–Crippen LogP) is 13.4. The van der Waals surface area contributed by atoms with Gasteiger partial charge in [0.25, 0.3) is 0 Å². The molecule has 7 aromatic rings. The first-order valence-electron chi connectivity index (χ1n) is 20.7. The van der Waals surface area contributed by atoms with Crippen LogP contribution in [0.3, 0.4) is 0 Å². The van der Waals surface area contributed by atoms with E-state index in [1.54, 1.807) is 20.8 Å². The van der Waals surface area contributed by atoms with Gasteiger partial charge < -0.3 is 13.7 Å². The van der Waals surface area contributed by atoms with E-state index in [0.717, 1.165) is 90.9 Å². The molecule has 6 nitrogen and oxygen atoms in total. The fraction of sp³-hybridized carbons (Fsp3) is 0.438. The number of hydrogen-bond donors (Lipinski definition) is 0. The summed E-state index contributed by atoms with van der Waals surface area (Å²) < 4.78 is 7.61. The van der Waals surface area contributed by atoms with Crippen molar-refractivity contribution in [1.29, 1.82) is 0 Å². The second-order valence-electron chi connectivity index (χ2n) is 15.7. The molecule has 7 rings (SSSR count). The van der Waals surface area contributed by atoms with Crippen LogP contribution in [0, 0.1) is 0 Å². The Hall–Kier alpha value is -4.71. The maximum Gasteiger partial charge on any atom is 0.159 e. The lowest BCUT2D eigenvalue weighted by atomic mass is 9.99. The van der Waals surface area contributed by atoms with Crippen LogP contribution in [-0.4, -0.2) is 31.1 Å². The minimum atomic E-state index is 0.0547. The van der Waals surface area contributed by atoms with Crippen molar-refractivity contribution in [3.63, 3.8) is 0 Å². The maximum atomic E-state index is 13.0. The Labute approximate surface area is 319 Å². The van der Waals surface area contributed by atoms with Crippen LogP contribution in [0.2, 0.25) is 0 Å². The van der Waals surface area contributed by atoms with Gasteiger partial charge in [-0.25, -0.2) is 0 Å². The van der Waals surface area contributed by atoms with Crippen LogP contribution in [0.4, 0.5) is 0 Å². The Kier molecular flexibility index (Phi) is 11.1. The highest BCUT2D eigenvalue weighted by molar-refractivity contribution is 6.40. The van der Waals surface area contributed by atoms with Crippen molar-refractivity contribution in [2.45, 2.75) is 138 Å². The molecule has 0 unspecified atom stereocenters. The minimum absolute atomic E-state index is 0.0547. The van der Waals surface area contributed by atoms with Gasteiger partial charge in [-0.1, -0.05) is 78.6 Å². The van der Waals surface area contributed by atoms with E-state index in [1.165, 1.54) is 71.2 Å². The summed E-state index contributed by atoms with van der Waals surface area (Å²) in [5.74, 6) is 0.164. The number of hydrogen-bond acceptors (Lipinski definition) is 3. The highest BCUT2D eigenvalue weighted by atomic mass is 16.1. The van der Waals surface area contributed by atoms with Crippen LogP contribution >= 0.6 is 0 Å². The molecule has 0 fully saturated rings. The van der Waals surface area contributed by atoms with E-state index in [9.17, 15) is 14.4 Å². The lowest BCUT2D eigenvalue weighted by Crippen LogP contribution is -2.02. The van der Waals surface area contributed by atoms with Crippen LogP contribution in [0.1, 0.15) is 150 Å². The summed E-state index contributed by atoms with van der Waals surface area (Å²) in [4.78, 5) is 39.0. The molecule has 3 aromatic heterocycles. The highest BCUT2D eigenvalue weighted by Gasteiger charge is 2.28. The van der Waals surface area contributed by atoms with Crippen LogP contribution < -0.4 is 0 Å². The molecule has 0 atom stereocenters. The summed E-state index contributed by atoms with van der Waals surface area (Å²) in [5.41, 5.74) is 9.11. The lowest BCUT2D eigenvalue weighted by Gasteiger charge is -2.13. The highest BCUT2D eigenvalue weighted by Crippen LogP contribution is 2.49. The number of aryl methyl sites for hydroxylation is 3. The van der Waals surface area contributed by atoms with Crippen molar-refractivity contribution < 1.29 is 14.4 Å². The predicted molar refractivity (Wildman–Crippen MR) is 228 cm³/mol.